The van der Waals surface area contributed by atoms with Crippen LogP contribution in [0.2, 0.25) is 0 Å². The summed E-state index contributed by atoms with van der Waals surface area (Å²) in [6.07, 6.45) is 8.35. The van der Waals surface area contributed by atoms with E-state index in [1.807, 2.05) is 48.5 Å². The molecule has 4 aromatic rings. The third kappa shape index (κ3) is 4.78. The van der Waals surface area contributed by atoms with Gasteiger partial charge in [-0.25, -0.2) is 9.97 Å². The number of nitrogens with one attached hydrogen (secondary N) is 4. The first-order valence-electron chi connectivity index (χ1n) is 12.2. The molecule has 3 heterocycles. The number of aromatic nitrogens is 4. The number of para-hydroxylation sites is 1. The number of rotatable bonds is 7. The fourth-order valence-electron chi connectivity index (χ4n) is 4.61. The Balaban J connectivity index is 1.23. The number of hydrogen-bond donors (Lipinski definition) is 4. The van der Waals surface area contributed by atoms with Crippen LogP contribution >= 0.6 is 0 Å². The SMILES string of the molecule is O=C(COC1=CC(c2nc(Nc3ccc4[nH]ncc4c3)c3ccccc3n2)=CCC1)N[C@H]1CCNC1. The van der Waals surface area contributed by atoms with Crippen molar-refractivity contribution in [2.45, 2.75) is 25.3 Å². The van der Waals surface area contributed by atoms with E-state index >= 15 is 0 Å². The van der Waals surface area contributed by atoms with Crippen LogP contribution in [0.25, 0.3) is 27.4 Å². The van der Waals surface area contributed by atoms with Gasteiger partial charge in [-0.1, -0.05) is 18.2 Å². The first kappa shape index (κ1) is 22.2. The minimum absolute atomic E-state index is 0.0114. The van der Waals surface area contributed by atoms with Gasteiger partial charge in [0, 0.05) is 41.0 Å². The lowest BCUT2D eigenvalue weighted by Crippen LogP contribution is -2.38. The molecular weight excluding hydrogens is 454 g/mol. The Kier molecular flexibility index (Phi) is 6.05. The van der Waals surface area contributed by atoms with Crippen LogP contribution in [0.5, 0.6) is 0 Å². The lowest BCUT2D eigenvalue weighted by Gasteiger charge is -2.17. The van der Waals surface area contributed by atoms with Gasteiger partial charge in [0.1, 0.15) is 5.82 Å². The number of fused-ring (bicyclic) bond motifs is 2. The normalized spacial score (nSPS) is 17.6. The second kappa shape index (κ2) is 9.79. The number of carbonyl (C=O) groups is 1. The van der Waals surface area contributed by atoms with Gasteiger partial charge in [-0.05, 0) is 55.8 Å². The number of benzene rings is 2. The molecule has 0 radical (unpaired) electrons. The van der Waals surface area contributed by atoms with Crippen molar-refractivity contribution in [2.75, 3.05) is 25.0 Å². The highest BCUT2D eigenvalue weighted by molar-refractivity contribution is 5.93. The Morgan fingerprint density at radius 1 is 1.17 bits per heavy atom. The summed E-state index contributed by atoms with van der Waals surface area (Å²) in [4.78, 5) is 22.0. The molecule has 9 nitrogen and oxygen atoms in total. The summed E-state index contributed by atoms with van der Waals surface area (Å²) in [7, 11) is 0. The van der Waals surface area contributed by atoms with Crippen molar-refractivity contribution in [1.82, 2.24) is 30.8 Å². The van der Waals surface area contributed by atoms with Crippen molar-refractivity contribution < 1.29 is 9.53 Å². The van der Waals surface area contributed by atoms with Crippen LogP contribution < -0.4 is 16.0 Å². The van der Waals surface area contributed by atoms with Crippen molar-refractivity contribution in [3.05, 3.63) is 72.4 Å². The Morgan fingerprint density at radius 3 is 3.03 bits per heavy atom. The van der Waals surface area contributed by atoms with E-state index in [0.29, 0.717) is 5.82 Å². The summed E-state index contributed by atoms with van der Waals surface area (Å²) >= 11 is 0. The number of hydrogen-bond acceptors (Lipinski definition) is 7. The van der Waals surface area contributed by atoms with E-state index in [4.69, 9.17) is 14.7 Å². The van der Waals surface area contributed by atoms with Gasteiger partial charge in [0.2, 0.25) is 0 Å². The van der Waals surface area contributed by atoms with Crippen LogP contribution in [-0.2, 0) is 9.53 Å². The minimum Gasteiger partial charge on any atom is -0.488 e. The molecule has 2 aromatic heterocycles. The Bertz CT molecular complexity index is 1480. The van der Waals surface area contributed by atoms with Gasteiger partial charge >= 0.3 is 0 Å². The quantitative estimate of drug-likeness (QED) is 0.317. The molecule has 0 unspecified atom stereocenters. The van der Waals surface area contributed by atoms with Crippen molar-refractivity contribution in [2.24, 2.45) is 0 Å². The molecule has 0 spiro atoms. The van der Waals surface area contributed by atoms with Gasteiger partial charge in [0.25, 0.3) is 5.91 Å². The van der Waals surface area contributed by atoms with E-state index in [9.17, 15) is 4.79 Å². The molecule has 2 aliphatic rings. The monoisotopic (exact) mass is 481 g/mol. The molecule has 0 bridgehead atoms. The summed E-state index contributed by atoms with van der Waals surface area (Å²) < 4.78 is 5.86. The van der Waals surface area contributed by atoms with Gasteiger partial charge in [-0.2, -0.15) is 5.10 Å². The molecule has 0 saturated carbocycles. The number of amides is 1. The predicted octanol–water partition coefficient (Wildman–Crippen LogP) is 3.81. The van der Waals surface area contributed by atoms with Crippen LogP contribution in [0.3, 0.4) is 0 Å². The van der Waals surface area contributed by atoms with E-state index in [0.717, 1.165) is 77.0 Å². The Hall–Kier alpha value is -4.24. The topological polar surface area (TPSA) is 117 Å². The molecule has 6 rings (SSSR count). The maximum absolute atomic E-state index is 12.3. The van der Waals surface area contributed by atoms with Gasteiger partial charge in [0.05, 0.1) is 23.0 Å². The van der Waals surface area contributed by atoms with E-state index < -0.39 is 0 Å². The van der Waals surface area contributed by atoms with Crippen molar-refractivity contribution in [1.29, 1.82) is 0 Å². The number of carbonyl (C=O) groups excluding carboxylic acids is 1. The highest BCUT2D eigenvalue weighted by atomic mass is 16.5. The first-order valence-corrected chi connectivity index (χ1v) is 12.2. The van der Waals surface area contributed by atoms with E-state index in [2.05, 4.69) is 32.2 Å². The molecule has 1 saturated heterocycles. The Morgan fingerprint density at radius 2 is 2.11 bits per heavy atom. The van der Waals surface area contributed by atoms with E-state index in [-0.39, 0.29) is 18.6 Å². The summed E-state index contributed by atoms with van der Waals surface area (Å²) in [6.45, 7) is 1.76. The third-order valence-corrected chi connectivity index (χ3v) is 6.45. The smallest absolute Gasteiger partial charge is 0.258 e. The lowest BCUT2D eigenvalue weighted by molar-refractivity contribution is -0.125. The summed E-state index contributed by atoms with van der Waals surface area (Å²) in [5, 5.41) is 18.8. The van der Waals surface area contributed by atoms with Crippen molar-refractivity contribution in [3.63, 3.8) is 0 Å². The molecule has 2 aromatic carbocycles. The fraction of sp³-hybridized carbons (Fsp3) is 0.259. The van der Waals surface area contributed by atoms with E-state index in [1.165, 1.54) is 0 Å². The van der Waals surface area contributed by atoms with Crippen LogP contribution in [0.15, 0.2) is 66.6 Å². The zero-order valence-electron chi connectivity index (χ0n) is 19.8. The second-order valence-corrected chi connectivity index (χ2v) is 9.06. The number of anilines is 2. The zero-order chi connectivity index (χ0) is 24.3. The van der Waals surface area contributed by atoms with Crippen molar-refractivity contribution >= 4 is 44.8 Å². The first-order chi connectivity index (χ1) is 17.7. The summed E-state index contributed by atoms with van der Waals surface area (Å²) in [5.41, 5.74) is 3.63. The zero-order valence-corrected chi connectivity index (χ0v) is 19.8. The summed E-state index contributed by atoms with van der Waals surface area (Å²) in [5.74, 6) is 2.01. The molecule has 36 heavy (non-hydrogen) atoms. The molecule has 182 valence electrons. The van der Waals surface area contributed by atoms with Gasteiger partial charge < -0.3 is 20.7 Å². The number of H-pyrrole nitrogens is 1. The maximum atomic E-state index is 12.3. The third-order valence-electron chi connectivity index (χ3n) is 6.45. The maximum Gasteiger partial charge on any atom is 0.258 e. The molecule has 1 atom stereocenters. The summed E-state index contributed by atoms with van der Waals surface area (Å²) in [6, 6.07) is 14.1. The fourth-order valence-corrected chi connectivity index (χ4v) is 4.61. The van der Waals surface area contributed by atoms with Crippen LogP contribution in [0, 0.1) is 0 Å². The molecule has 1 aliphatic carbocycles. The predicted molar refractivity (Wildman–Crippen MR) is 140 cm³/mol. The minimum atomic E-state index is -0.0938. The molecule has 9 heteroatoms. The number of nitrogens with zero attached hydrogens (tertiary/aromatic N) is 3. The number of allylic oxidation sites excluding steroid dienone is 4. The van der Waals surface area contributed by atoms with Crippen LogP contribution in [0.4, 0.5) is 11.5 Å². The molecule has 1 amide bonds. The molecular formula is C27H27N7O2. The standard InChI is InChI=1S/C27H27N7O2/c35-25(30-20-10-11-28-15-20)16-36-21-5-3-4-17(13-21)26-32-24-7-2-1-6-22(24)27(33-26)31-19-8-9-23-18(12-19)14-29-34-23/h1-2,4,6-9,12-14,20,28H,3,5,10-11,15-16H2,(H,29,34)(H,30,35)(H,31,32,33)/t20-/m0/s1. The highest BCUT2D eigenvalue weighted by Gasteiger charge is 2.18. The van der Waals surface area contributed by atoms with Gasteiger partial charge in [-0.15, -0.1) is 0 Å². The van der Waals surface area contributed by atoms with Crippen LogP contribution in [-0.4, -0.2) is 51.8 Å². The molecule has 4 N–H and O–H groups in total. The van der Waals surface area contributed by atoms with Crippen molar-refractivity contribution in [3.8, 4) is 0 Å². The Labute approximate surface area is 208 Å². The second-order valence-electron chi connectivity index (χ2n) is 9.06. The number of ether oxygens (including phenoxy) is 1. The van der Waals surface area contributed by atoms with Crippen LogP contribution in [0.1, 0.15) is 25.1 Å². The lowest BCUT2D eigenvalue weighted by atomic mass is 10.0. The average Bonchev–Trinajstić information content (AvgIpc) is 3.59. The largest absolute Gasteiger partial charge is 0.488 e. The van der Waals surface area contributed by atoms with Gasteiger partial charge in [-0.3, -0.25) is 9.89 Å². The molecule has 1 aliphatic heterocycles. The number of aromatic amines is 1. The van der Waals surface area contributed by atoms with E-state index in [1.54, 1.807) is 6.20 Å². The average molecular weight is 482 g/mol. The highest BCUT2D eigenvalue weighted by Crippen LogP contribution is 2.30. The van der Waals surface area contributed by atoms with Gasteiger partial charge in [0.15, 0.2) is 12.4 Å². The molecule has 1 fully saturated rings.